The quantitative estimate of drug-likeness (QED) is 0.610. The van der Waals surface area contributed by atoms with E-state index < -0.39 is 6.04 Å². The molecule has 1 aromatic carbocycles. The Kier molecular flexibility index (Phi) is 5.10. The van der Waals surface area contributed by atoms with Crippen LogP contribution in [-0.2, 0) is 14.3 Å². The molecule has 3 heterocycles. The maximum atomic E-state index is 13.7. The van der Waals surface area contributed by atoms with Gasteiger partial charge < -0.3 is 9.26 Å². The second-order valence-electron chi connectivity index (χ2n) is 8.50. The van der Waals surface area contributed by atoms with Crippen LogP contribution < -0.4 is 4.90 Å². The number of ketones is 1. The highest BCUT2D eigenvalue weighted by Gasteiger charge is 2.53. The normalized spacial score (nSPS) is 27.9. The van der Waals surface area contributed by atoms with E-state index in [1.54, 1.807) is 31.2 Å². The number of nitrogens with zero attached hydrogens (tertiary/aromatic N) is 2. The van der Waals surface area contributed by atoms with E-state index in [1.807, 2.05) is 0 Å². The molecule has 0 bridgehead atoms. The van der Waals surface area contributed by atoms with E-state index in [0.29, 0.717) is 38.7 Å². The van der Waals surface area contributed by atoms with Gasteiger partial charge in [0.1, 0.15) is 11.9 Å². The van der Waals surface area contributed by atoms with Gasteiger partial charge in [-0.2, -0.15) is 0 Å². The fraction of sp³-hybridized carbons (Fsp3) is 0.435. The van der Waals surface area contributed by atoms with E-state index in [1.165, 1.54) is 4.90 Å². The van der Waals surface area contributed by atoms with Crippen molar-refractivity contribution in [2.75, 3.05) is 4.90 Å². The number of hydrogen-bond donors (Lipinski definition) is 0. The van der Waals surface area contributed by atoms with Gasteiger partial charge in [0.05, 0.1) is 27.6 Å². The average molecular weight is 461 g/mol. The maximum absolute atomic E-state index is 13.7. The SMILES string of the molecule is CCC1CCC2OC3=C(C(=O)C2C1)C(c1ccc(Cl)c(Cl)c1)N(c1cc(C)on1)C3=O. The zero-order valence-corrected chi connectivity index (χ0v) is 18.7. The van der Waals surface area contributed by atoms with Crippen LogP contribution in [0.15, 0.2) is 40.1 Å². The van der Waals surface area contributed by atoms with Gasteiger partial charge in [0, 0.05) is 6.07 Å². The lowest BCUT2D eigenvalue weighted by molar-refractivity contribution is -0.132. The molecule has 0 radical (unpaired) electrons. The number of ether oxygens (including phenoxy) is 1. The Balaban J connectivity index is 1.63. The number of Topliss-reactive ketones (excluding diaryl/α,β-unsaturated/α-hetero) is 1. The number of rotatable bonds is 3. The van der Waals surface area contributed by atoms with Gasteiger partial charge in [0.15, 0.2) is 17.4 Å². The number of benzene rings is 1. The van der Waals surface area contributed by atoms with Crippen LogP contribution in [0, 0.1) is 18.8 Å². The third-order valence-electron chi connectivity index (χ3n) is 6.66. The van der Waals surface area contributed by atoms with E-state index in [9.17, 15) is 9.59 Å². The summed E-state index contributed by atoms with van der Waals surface area (Å²) in [4.78, 5) is 28.7. The highest BCUT2D eigenvalue weighted by molar-refractivity contribution is 6.42. The molecule has 1 aliphatic carbocycles. The second kappa shape index (κ2) is 7.68. The number of halogens is 2. The molecule has 0 spiro atoms. The molecule has 3 aliphatic rings. The Morgan fingerprint density at radius 1 is 1.16 bits per heavy atom. The standard InChI is InChI=1S/C23H22Cl2N2O4/c1-3-12-4-7-17-14(9-12)21(28)19-20(13-5-6-15(24)16(25)10-13)27(23(29)22(19)30-17)18-8-11(2)31-26-18/h5-6,8,10,12,14,17,20H,3-4,7,9H2,1-2H3. The predicted octanol–water partition coefficient (Wildman–Crippen LogP) is 5.43. The molecule has 0 N–H and O–H groups in total. The van der Waals surface area contributed by atoms with Crippen LogP contribution >= 0.6 is 23.2 Å². The third kappa shape index (κ3) is 3.28. The van der Waals surface area contributed by atoms with Crippen LogP contribution in [0.3, 0.4) is 0 Å². The van der Waals surface area contributed by atoms with Crippen LogP contribution in [0.2, 0.25) is 10.0 Å². The summed E-state index contributed by atoms with van der Waals surface area (Å²) in [5.74, 6) is 0.865. The number of amides is 1. The Hall–Kier alpha value is -2.31. The fourth-order valence-corrected chi connectivity index (χ4v) is 5.33. The van der Waals surface area contributed by atoms with Crippen LogP contribution in [-0.4, -0.2) is 23.0 Å². The molecule has 1 fully saturated rings. The Morgan fingerprint density at radius 2 is 1.97 bits per heavy atom. The number of carbonyl (C=O) groups is 2. The molecule has 1 amide bonds. The number of fused-ring (bicyclic) bond motifs is 1. The molecule has 2 aromatic rings. The van der Waals surface area contributed by atoms with Gasteiger partial charge in [0.2, 0.25) is 0 Å². The highest BCUT2D eigenvalue weighted by Crippen LogP contribution is 2.49. The van der Waals surface area contributed by atoms with E-state index in [4.69, 9.17) is 32.5 Å². The van der Waals surface area contributed by atoms with Crippen molar-refractivity contribution in [3.8, 4) is 0 Å². The minimum absolute atomic E-state index is 0.0171. The first-order valence-corrected chi connectivity index (χ1v) is 11.3. The van der Waals surface area contributed by atoms with E-state index in [2.05, 4.69) is 12.1 Å². The van der Waals surface area contributed by atoms with Crippen molar-refractivity contribution in [2.45, 2.75) is 51.7 Å². The van der Waals surface area contributed by atoms with Gasteiger partial charge in [-0.05, 0) is 49.8 Å². The number of aryl methyl sites for hydroxylation is 1. The minimum atomic E-state index is -0.697. The monoisotopic (exact) mass is 460 g/mol. The largest absolute Gasteiger partial charge is 0.483 e. The molecule has 6 nitrogen and oxygen atoms in total. The van der Waals surface area contributed by atoms with E-state index in [-0.39, 0.29) is 29.5 Å². The molecule has 0 saturated heterocycles. The van der Waals surface area contributed by atoms with Crippen molar-refractivity contribution < 1.29 is 18.8 Å². The molecule has 162 valence electrons. The molecule has 1 aromatic heterocycles. The lowest BCUT2D eigenvalue weighted by Gasteiger charge is -2.38. The maximum Gasteiger partial charge on any atom is 0.295 e. The molecule has 31 heavy (non-hydrogen) atoms. The van der Waals surface area contributed by atoms with Crippen LogP contribution in [0.4, 0.5) is 5.82 Å². The van der Waals surface area contributed by atoms with E-state index in [0.717, 1.165) is 25.7 Å². The van der Waals surface area contributed by atoms with Gasteiger partial charge in [-0.15, -0.1) is 0 Å². The van der Waals surface area contributed by atoms with Crippen molar-refractivity contribution in [2.24, 2.45) is 11.8 Å². The Bertz CT molecular complexity index is 1110. The Morgan fingerprint density at radius 3 is 2.65 bits per heavy atom. The summed E-state index contributed by atoms with van der Waals surface area (Å²) in [6.07, 6.45) is 3.33. The summed E-state index contributed by atoms with van der Waals surface area (Å²) in [6.45, 7) is 3.90. The summed E-state index contributed by atoms with van der Waals surface area (Å²) >= 11 is 12.4. The fourth-order valence-electron chi connectivity index (χ4n) is 5.03. The summed E-state index contributed by atoms with van der Waals surface area (Å²) in [7, 11) is 0. The summed E-state index contributed by atoms with van der Waals surface area (Å²) in [6, 6.07) is 6.10. The van der Waals surface area contributed by atoms with Crippen molar-refractivity contribution in [1.29, 1.82) is 0 Å². The highest BCUT2D eigenvalue weighted by atomic mass is 35.5. The van der Waals surface area contributed by atoms with Crippen molar-refractivity contribution >= 4 is 40.7 Å². The minimum Gasteiger partial charge on any atom is -0.483 e. The number of carbonyl (C=O) groups excluding carboxylic acids is 2. The number of anilines is 1. The Labute approximate surface area is 190 Å². The van der Waals surface area contributed by atoms with Crippen LogP contribution in [0.25, 0.3) is 0 Å². The molecule has 8 heteroatoms. The van der Waals surface area contributed by atoms with Gasteiger partial charge in [0.25, 0.3) is 5.91 Å². The average Bonchev–Trinajstić information content (AvgIpc) is 3.31. The van der Waals surface area contributed by atoms with Gasteiger partial charge >= 0.3 is 0 Å². The molecule has 5 rings (SSSR count). The van der Waals surface area contributed by atoms with Crippen molar-refractivity contribution in [3.63, 3.8) is 0 Å². The molecule has 4 atom stereocenters. The van der Waals surface area contributed by atoms with Crippen LogP contribution in [0.5, 0.6) is 0 Å². The second-order valence-corrected chi connectivity index (χ2v) is 9.32. The van der Waals surface area contributed by atoms with Gasteiger partial charge in [-0.1, -0.05) is 47.8 Å². The lowest BCUT2D eigenvalue weighted by atomic mass is 9.73. The summed E-state index contributed by atoms with van der Waals surface area (Å²) < 4.78 is 11.4. The topological polar surface area (TPSA) is 72.6 Å². The molecule has 1 saturated carbocycles. The molecule has 4 unspecified atom stereocenters. The van der Waals surface area contributed by atoms with Gasteiger partial charge in [-0.25, -0.2) is 0 Å². The first kappa shape index (κ1) is 20.6. The zero-order valence-electron chi connectivity index (χ0n) is 17.2. The molecular formula is C23H22Cl2N2O4. The predicted molar refractivity (Wildman–Crippen MR) is 116 cm³/mol. The number of aromatic nitrogens is 1. The van der Waals surface area contributed by atoms with Gasteiger partial charge in [-0.3, -0.25) is 14.5 Å². The van der Waals surface area contributed by atoms with Crippen molar-refractivity contribution in [3.05, 3.63) is 57.0 Å². The van der Waals surface area contributed by atoms with E-state index >= 15 is 0 Å². The van der Waals surface area contributed by atoms with Crippen molar-refractivity contribution in [1.82, 2.24) is 5.16 Å². The first-order valence-electron chi connectivity index (χ1n) is 10.6. The summed E-state index contributed by atoms with van der Waals surface area (Å²) in [5.41, 5.74) is 1.05. The molecule has 2 aliphatic heterocycles. The number of hydrogen-bond acceptors (Lipinski definition) is 5. The smallest absolute Gasteiger partial charge is 0.295 e. The first-order chi connectivity index (χ1) is 14.9. The third-order valence-corrected chi connectivity index (χ3v) is 7.39. The van der Waals surface area contributed by atoms with Crippen LogP contribution in [0.1, 0.15) is 50.0 Å². The summed E-state index contributed by atoms with van der Waals surface area (Å²) in [5, 5.41) is 4.79. The molecular weight excluding hydrogens is 439 g/mol. The lowest BCUT2D eigenvalue weighted by Crippen LogP contribution is -2.41. The zero-order chi connectivity index (χ0) is 21.9.